The number of amides is 12. The Hall–Kier alpha value is -7.63. The molecule has 15 N–H and O–H groups in total. The van der Waals surface area contributed by atoms with Gasteiger partial charge < -0.3 is 79.3 Å². The topological polar surface area (TPSA) is 459 Å². The molecule has 0 aromatic carbocycles. The molecule has 400 valence electrons. The van der Waals surface area contributed by atoms with Crippen molar-refractivity contribution >= 4 is 89.5 Å². The number of hydrogen-bond donors (Lipinski definition) is 13. The highest BCUT2D eigenvalue weighted by Crippen LogP contribution is 2.21. The minimum atomic E-state index is -1.96. The van der Waals surface area contributed by atoms with Gasteiger partial charge in [-0.3, -0.25) is 67.1 Å². The number of nitrogens with one attached hydrogen (secondary N) is 9. The molecule has 0 spiro atoms. The van der Waals surface area contributed by atoms with E-state index in [9.17, 15) is 77.3 Å². The fraction of sp³-hybridized carbons (Fsp3) is 0.643. The zero-order valence-corrected chi connectivity index (χ0v) is 40.4. The van der Waals surface area contributed by atoms with Gasteiger partial charge in [-0.1, -0.05) is 6.92 Å². The summed E-state index contributed by atoms with van der Waals surface area (Å²) >= 11 is 0. The van der Waals surface area contributed by atoms with Crippen LogP contribution in [-0.2, 0) is 67.1 Å². The van der Waals surface area contributed by atoms with Gasteiger partial charge in [0, 0.05) is 19.1 Å². The zero-order chi connectivity index (χ0) is 54.4. The Morgan fingerprint density at radius 1 is 0.653 bits per heavy atom. The second kappa shape index (κ2) is 29.5. The van der Waals surface area contributed by atoms with Gasteiger partial charge in [0.05, 0.1) is 51.0 Å². The van der Waals surface area contributed by atoms with E-state index in [0.29, 0.717) is 25.7 Å². The summed E-state index contributed by atoms with van der Waals surface area (Å²) in [5.41, 5.74) is 10.8. The summed E-state index contributed by atoms with van der Waals surface area (Å²) < 4.78 is 0. The van der Waals surface area contributed by atoms with Crippen LogP contribution in [0.5, 0.6) is 0 Å². The average Bonchev–Trinajstić information content (AvgIpc) is 3.84. The third-order valence-electron chi connectivity index (χ3n) is 11.6. The SMILES string of the molecule is C=NC(=O)C1CCCN1C(=O)CNC(=O)C(NC(=O)CNC(=O)CNC(=O)CNC(=O)C(CC(=O)O)NC(=O)C(NC(=O)C1CCCCN1C(=O)C(CC)NC(=O)C(N)CC(N)=O)C(C)C(=O)O)C(C)NC. The number of piperidine rings is 1. The van der Waals surface area contributed by atoms with Gasteiger partial charge in [0.1, 0.15) is 36.3 Å². The Balaban J connectivity index is 2.00. The predicted octanol–water partition coefficient (Wildman–Crippen LogP) is -7.59. The molecule has 30 heteroatoms. The summed E-state index contributed by atoms with van der Waals surface area (Å²) in [6.07, 6.45) is 0.276. The van der Waals surface area contributed by atoms with Gasteiger partial charge in [-0.05, 0) is 66.1 Å². The second-order valence-electron chi connectivity index (χ2n) is 16.9. The van der Waals surface area contributed by atoms with Crippen LogP contribution in [0.15, 0.2) is 4.99 Å². The Bertz CT molecular complexity index is 2090. The van der Waals surface area contributed by atoms with E-state index in [1.54, 1.807) is 13.8 Å². The molecule has 72 heavy (non-hydrogen) atoms. The summed E-state index contributed by atoms with van der Waals surface area (Å²) in [6, 6.07) is -10.5. The average molecular weight is 1020 g/mol. The van der Waals surface area contributed by atoms with Crippen molar-refractivity contribution in [1.82, 2.24) is 57.7 Å². The van der Waals surface area contributed by atoms with Crippen molar-refractivity contribution in [3.8, 4) is 0 Å². The van der Waals surface area contributed by atoms with Gasteiger partial charge in [-0.2, -0.15) is 0 Å². The van der Waals surface area contributed by atoms with Crippen LogP contribution in [0.2, 0.25) is 0 Å². The fourth-order valence-electron chi connectivity index (χ4n) is 7.43. The molecule has 0 aliphatic carbocycles. The van der Waals surface area contributed by atoms with Gasteiger partial charge in [0.2, 0.25) is 65.0 Å². The molecule has 9 unspecified atom stereocenters. The van der Waals surface area contributed by atoms with Gasteiger partial charge in [-0.15, -0.1) is 0 Å². The molecule has 2 aliphatic rings. The van der Waals surface area contributed by atoms with Crippen molar-refractivity contribution in [3.05, 3.63) is 0 Å². The van der Waals surface area contributed by atoms with Crippen LogP contribution in [0.3, 0.4) is 0 Å². The number of likely N-dealkylation sites (N-methyl/N-ethyl adjacent to an activating group) is 1. The van der Waals surface area contributed by atoms with Crippen molar-refractivity contribution in [2.75, 3.05) is 46.3 Å². The fourth-order valence-corrected chi connectivity index (χ4v) is 7.43. The van der Waals surface area contributed by atoms with Crippen molar-refractivity contribution in [2.24, 2.45) is 22.4 Å². The number of primary amides is 1. The smallest absolute Gasteiger partial charge is 0.308 e. The molecule has 0 saturated carbocycles. The molecular formula is C42H66N14O16. The maximum atomic E-state index is 13.7. The van der Waals surface area contributed by atoms with Crippen LogP contribution in [0.25, 0.3) is 0 Å². The first-order valence-corrected chi connectivity index (χ1v) is 22.9. The predicted molar refractivity (Wildman–Crippen MR) is 248 cm³/mol. The number of carbonyl (C=O) groups is 14. The zero-order valence-electron chi connectivity index (χ0n) is 40.4. The molecule has 2 heterocycles. The molecule has 0 aromatic heterocycles. The van der Waals surface area contributed by atoms with Crippen LogP contribution in [-0.4, -0.2) is 204 Å². The van der Waals surface area contributed by atoms with Crippen molar-refractivity contribution in [2.45, 2.75) is 120 Å². The van der Waals surface area contributed by atoms with Crippen LogP contribution in [0.4, 0.5) is 0 Å². The third kappa shape index (κ3) is 18.9. The lowest BCUT2D eigenvalue weighted by atomic mass is 9.96. The maximum Gasteiger partial charge on any atom is 0.308 e. The van der Waals surface area contributed by atoms with Gasteiger partial charge >= 0.3 is 11.9 Å². The van der Waals surface area contributed by atoms with E-state index in [0.717, 1.165) is 11.8 Å². The standard InChI is InChI=1S/C42H66N14O16/c1-6-23(51-35(64)22(43)14-27(44)57)41(70)56-12-8-7-10-26(56)38(67)54-33(20(2)42(71)72)40(69)52-24(15-32(62)63)36(65)49-17-29(59)47-16-28(58)48-18-30(60)53-34(21(3)45-4)39(68)50-19-31(61)55-13-9-11-25(55)37(66)46-5/h20-26,33-34,45H,5-19,43H2,1-4H3,(H2,44,57)(H,47,59)(H,48,58)(H,49,65)(H,50,68)(H,51,64)(H,52,69)(H,53,60)(H,54,67)(H,62,63)(H,71,72). The molecule has 0 bridgehead atoms. The summed E-state index contributed by atoms with van der Waals surface area (Å²) in [5, 5.41) is 40.2. The van der Waals surface area contributed by atoms with Crippen molar-refractivity contribution in [3.63, 3.8) is 0 Å². The van der Waals surface area contributed by atoms with E-state index < -0.39 is 176 Å². The number of carbonyl (C=O) groups excluding carboxylic acids is 12. The van der Waals surface area contributed by atoms with Gasteiger partial charge in [0.15, 0.2) is 0 Å². The number of hydrogen-bond acceptors (Lipinski definition) is 16. The normalized spacial score (nSPS) is 18.1. The number of aliphatic carboxylic acids is 2. The van der Waals surface area contributed by atoms with Crippen LogP contribution in [0.1, 0.15) is 72.1 Å². The van der Waals surface area contributed by atoms with Crippen molar-refractivity contribution < 1.29 is 77.3 Å². The van der Waals surface area contributed by atoms with E-state index in [2.05, 4.69) is 59.6 Å². The minimum absolute atomic E-state index is 0.0191. The Morgan fingerprint density at radius 2 is 1.22 bits per heavy atom. The highest BCUT2D eigenvalue weighted by atomic mass is 16.4. The maximum absolute atomic E-state index is 13.7. The first kappa shape index (κ1) is 60.5. The molecule has 30 nitrogen and oxygen atoms in total. The quantitative estimate of drug-likeness (QED) is 0.0324. The Labute approximate surface area is 413 Å². The Morgan fingerprint density at radius 3 is 1.79 bits per heavy atom. The molecule has 2 saturated heterocycles. The number of rotatable bonds is 28. The number of nitrogens with two attached hydrogens (primary N) is 2. The van der Waals surface area contributed by atoms with Crippen molar-refractivity contribution in [1.29, 1.82) is 0 Å². The third-order valence-corrected chi connectivity index (χ3v) is 11.6. The first-order valence-electron chi connectivity index (χ1n) is 22.9. The van der Waals surface area contributed by atoms with Crippen LogP contribution < -0.4 is 59.3 Å². The number of aliphatic imine (C=N–C) groups is 1. The van der Waals surface area contributed by atoms with E-state index in [-0.39, 0.29) is 25.9 Å². The molecular weight excluding hydrogens is 957 g/mol. The highest BCUT2D eigenvalue weighted by Gasteiger charge is 2.41. The largest absolute Gasteiger partial charge is 0.481 e. The summed E-state index contributed by atoms with van der Waals surface area (Å²) in [4.78, 5) is 183. The molecule has 2 fully saturated rings. The molecule has 2 rings (SSSR count). The number of carboxylic acid groups (broad SMARTS) is 2. The number of carboxylic acids is 2. The summed E-state index contributed by atoms with van der Waals surface area (Å²) in [5.74, 6) is -15.5. The van der Waals surface area contributed by atoms with Crippen LogP contribution in [0, 0.1) is 5.92 Å². The Kier molecular flexibility index (Phi) is 24.8. The van der Waals surface area contributed by atoms with Gasteiger partial charge in [-0.25, -0.2) is 4.99 Å². The summed E-state index contributed by atoms with van der Waals surface area (Å²) in [7, 11) is 1.51. The monoisotopic (exact) mass is 1020 g/mol. The second-order valence-corrected chi connectivity index (χ2v) is 16.9. The molecule has 12 amide bonds. The molecule has 2 aliphatic heterocycles. The summed E-state index contributed by atoms with van der Waals surface area (Å²) in [6.45, 7) is 4.86. The van der Waals surface area contributed by atoms with E-state index in [1.807, 2.05) is 0 Å². The molecule has 9 atom stereocenters. The lowest BCUT2D eigenvalue weighted by molar-refractivity contribution is -0.149. The van der Waals surface area contributed by atoms with E-state index in [1.165, 1.54) is 11.9 Å². The van der Waals surface area contributed by atoms with Gasteiger partial charge in [0.25, 0.3) is 5.91 Å². The van der Waals surface area contributed by atoms with E-state index in [4.69, 9.17) is 11.5 Å². The van der Waals surface area contributed by atoms with E-state index >= 15 is 0 Å². The first-order chi connectivity index (χ1) is 33.9. The molecule has 0 radical (unpaired) electrons. The highest BCUT2D eigenvalue weighted by molar-refractivity contribution is 6.00. The lowest BCUT2D eigenvalue weighted by Gasteiger charge is -2.38. The van der Waals surface area contributed by atoms with Crippen LogP contribution >= 0.6 is 0 Å². The lowest BCUT2D eigenvalue weighted by Crippen LogP contribution is -2.62. The number of likely N-dealkylation sites (tertiary alicyclic amines) is 2. The minimum Gasteiger partial charge on any atom is -0.481 e. The molecule has 0 aromatic rings. The number of nitrogens with zero attached hydrogens (tertiary/aromatic N) is 3.